The lowest BCUT2D eigenvalue weighted by molar-refractivity contribution is 0.525. The zero-order valence-corrected chi connectivity index (χ0v) is 9.09. The molecule has 0 amide bonds. The van der Waals surface area contributed by atoms with Crippen molar-refractivity contribution in [3.05, 3.63) is 29.3 Å². The third kappa shape index (κ3) is 1.86. The Morgan fingerprint density at radius 1 is 1.43 bits per heavy atom. The molecule has 1 aliphatic heterocycles. The monoisotopic (exact) mass is 210 g/mol. The second-order valence-corrected chi connectivity index (χ2v) is 4.68. The van der Waals surface area contributed by atoms with Gasteiger partial charge in [0.1, 0.15) is 0 Å². The van der Waals surface area contributed by atoms with Crippen molar-refractivity contribution in [1.82, 2.24) is 0 Å². The van der Waals surface area contributed by atoms with E-state index in [1.807, 2.05) is 24.3 Å². The SMILES string of the molecule is CC1(N)CCN(c2ccccc2Cl)C1. The largest absolute Gasteiger partial charge is 0.368 e. The van der Waals surface area contributed by atoms with E-state index in [1.165, 1.54) is 0 Å². The van der Waals surface area contributed by atoms with E-state index in [2.05, 4.69) is 11.8 Å². The Labute approximate surface area is 89.7 Å². The Morgan fingerprint density at radius 2 is 2.14 bits per heavy atom. The normalized spacial score (nSPS) is 26.9. The summed E-state index contributed by atoms with van der Waals surface area (Å²) in [5.74, 6) is 0. The van der Waals surface area contributed by atoms with Crippen LogP contribution in [-0.4, -0.2) is 18.6 Å². The van der Waals surface area contributed by atoms with E-state index in [4.69, 9.17) is 17.3 Å². The Kier molecular flexibility index (Phi) is 2.41. The topological polar surface area (TPSA) is 29.3 Å². The summed E-state index contributed by atoms with van der Waals surface area (Å²) in [5.41, 5.74) is 7.10. The van der Waals surface area contributed by atoms with Crippen LogP contribution >= 0.6 is 11.6 Å². The molecular formula is C11H15ClN2. The van der Waals surface area contributed by atoms with Crippen LogP contribution in [0.4, 0.5) is 5.69 Å². The molecule has 0 spiro atoms. The van der Waals surface area contributed by atoms with E-state index in [0.29, 0.717) is 0 Å². The smallest absolute Gasteiger partial charge is 0.0639 e. The van der Waals surface area contributed by atoms with Gasteiger partial charge in [0.25, 0.3) is 0 Å². The maximum Gasteiger partial charge on any atom is 0.0639 e. The van der Waals surface area contributed by atoms with Gasteiger partial charge in [-0.15, -0.1) is 0 Å². The van der Waals surface area contributed by atoms with Crippen LogP contribution in [0.25, 0.3) is 0 Å². The number of hydrogen-bond donors (Lipinski definition) is 1. The number of para-hydroxylation sites is 1. The second-order valence-electron chi connectivity index (χ2n) is 4.28. The average molecular weight is 211 g/mol. The summed E-state index contributed by atoms with van der Waals surface area (Å²) < 4.78 is 0. The summed E-state index contributed by atoms with van der Waals surface area (Å²) >= 11 is 6.11. The number of benzene rings is 1. The molecule has 0 aromatic heterocycles. The van der Waals surface area contributed by atoms with Crippen molar-refractivity contribution in [3.63, 3.8) is 0 Å². The number of nitrogens with two attached hydrogens (primary N) is 1. The van der Waals surface area contributed by atoms with Crippen molar-refractivity contribution in [3.8, 4) is 0 Å². The van der Waals surface area contributed by atoms with Crippen LogP contribution in [0.15, 0.2) is 24.3 Å². The van der Waals surface area contributed by atoms with Crippen LogP contribution in [0.5, 0.6) is 0 Å². The number of rotatable bonds is 1. The lowest BCUT2D eigenvalue weighted by Crippen LogP contribution is -2.39. The first-order valence-electron chi connectivity index (χ1n) is 4.87. The molecule has 2 N–H and O–H groups in total. The van der Waals surface area contributed by atoms with Crippen LogP contribution in [0, 0.1) is 0 Å². The molecule has 1 unspecified atom stereocenters. The van der Waals surface area contributed by atoms with Crippen LogP contribution in [0.1, 0.15) is 13.3 Å². The molecule has 2 nitrogen and oxygen atoms in total. The Hall–Kier alpha value is -0.730. The molecule has 0 radical (unpaired) electrons. The summed E-state index contributed by atoms with van der Waals surface area (Å²) in [5, 5.41) is 0.810. The fourth-order valence-corrected chi connectivity index (χ4v) is 2.15. The fourth-order valence-electron chi connectivity index (χ4n) is 1.90. The number of anilines is 1. The van der Waals surface area contributed by atoms with Crippen LogP contribution in [-0.2, 0) is 0 Å². The van der Waals surface area contributed by atoms with Gasteiger partial charge >= 0.3 is 0 Å². The molecule has 76 valence electrons. The van der Waals surface area contributed by atoms with Crippen LogP contribution < -0.4 is 10.6 Å². The van der Waals surface area contributed by atoms with Gasteiger partial charge in [0.05, 0.1) is 10.7 Å². The van der Waals surface area contributed by atoms with Gasteiger partial charge in [-0.3, -0.25) is 0 Å². The van der Waals surface area contributed by atoms with Crippen LogP contribution in [0.3, 0.4) is 0 Å². The lowest BCUT2D eigenvalue weighted by Gasteiger charge is -2.22. The highest BCUT2D eigenvalue weighted by Crippen LogP contribution is 2.30. The molecule has 1 atom stereocenters. The molecule has 1 heterocycles. The summed E-state index contributed by atoms with van der Waals surface area (Å²) in [6.45, 7) is 3.97. The minimum absolute atomic E-state index is 0.0703. The van der Waals surface area contributed by atoms with Crippen molar-refractivity contribution in [1.29, 1.82) is 0 Å². The third-order valence-electron chi connectivity index (χ3n) is 2.70. The molecule has 1 saturated heterocycles. The lowest BCUT2D eigenvalue weighted by atomic mass is 10.0. The maximum absolute atomic E-state index is 6.11. The van der Waals surface area contributed by atoms with Gasteiger partial charge in [-0.2, -0.15) is 0 Å². The predicted octanol–water partition coefficient (Wildman–Crippen LogP) is 2.27. The Bertz CT molecular complexity index is 336. The molecule has 2 rings (SSSR count). The number of nitrogens with zero attached hydrogens (tertiary/aromatic N) is 1. The van der Waals surface area contributed by atoms with Gasteiger partial charge in [0.15, 0.2) is 0 Å². The number of halogens is 1. The van der Waals surface area contributed by atoms with E-state index in [9.17, 15) is 0 Å². The van der Waals surface area contributed by atoms with Gasteiger partial charge in [0.2, 0.25) is 0 Å². The molecule has 1 aromatic rings. The summed E-state index contributed by atoms with van der Waals surface area (Å²) in [6, 6.07) is 7.92. The molecule has 1 fully saturated rings. The molecule has 3 heteroatoms. The molecule has 14 heavy (non-hydrogen) atoms. The molecule has 0 aliphatic carbocycles. The maximum atomic E-state index is 6.11. The van der Waals surface area contributed by atoms with Crippen LogP contribution in [0.2, 0.25) is 5.02 Å². The summed E-state index contributed by atoms with van der Waals surface area (Å²) in [4.78, 5) is 2.25. The molecule has 1 aliphatic rings. The van der Waals surface area contributed by atoms with Crippen molar-refractivity contribution in [2.45, 2.75) is 18.9 Å². The zero-order chi connectivity index (χ0) is 10.2. The van der Waals surface area contributed by atoms with Gasteiger partial charge in [-0.25, -0.2) is 0 Å². The summed E-state index contributed by atoms with van der Waals surface area (Å²) in [6.07, 6.45) is 1.03. The van der Waals surface area contributed by atoms with Crippen molar-refractivity contribution < 1.29 is 0 Å². The van der Waals surface area contributed by atoms with Gasteiger partial charge in [-0.1, -0.05) is 23.7 Å². The highest BCUT2D eigenvalue weighted by molar-refractivity contribution is 6.33. The van der Waals surface area contributed by atoms with Crippen molar-refractivity contribution in [2.75, 3.05) is 18.0 Å². The van der Waals surface area contributed by atoms with Gasteiger partial charge in [-0.05, 0) is 25.5 Å². The number of hydrogen-bond acceptors (Lipinski definition) is 2. The summed E-state index contributed by atoms with van der Waals surface area (Å²) in [7, 11) is 0. The minimum atomic E-state index is -0.0703. The van der Waals surface area contributed by atoms with E-state index in [1.54, 1.807) is 0 Å². The van der Waals surface area contributed by atoms with Crippen molar-refractivity contribution >= 4 is 17.3 Å². The predicted molar refractivity (Wildman–Crippen MR) is 60.9 cm³/mol. The first-order valence-corrected chi connectivity index (χ1v) is 5.25. The fraction of sp³-hybridized carbons (Fsp3) is 0.455. The minimum Gasteiger partial charge on any atom is -0.368 e. The highest BCUT2D eigenvalue weighted by atomic mass is 35.5. The van der Waals surface area contributed by atoms with E-state index >= 15 is 0 Å². The Morgan fingerprint density at radius 3 is 2.71 bits per heavy atom. The molecule has 0 bridgehead atoms. The standard InChI is InChI=1S/C11H15ClN2/c1-11(13)6-7-14(8-11)10-5-3-2-4-9(10)12/h2-5H,6-8,13H2,1H3. The first-order chi connectivity index (χ1) is 6.58. The first kappa shape index (κ1) is 9.81. The molecule has 1 aromatic carbocycles. The van der Waals surface area contributed by atoms with Gasteiger partial charge in [0, 0.05) is 18.6 Å². The molecule has 0 saturated carbocycles. The van der Waals surface area contributed by atoms with E-state index in [-0.39, 0.29) is 5.54 Å². The molecular weight excluding hydrogens is 196 g/mol. The third-order valence-corrected chi connectivity index (χ3v) is 3.02. The van der Waals surface area contributed by atoms with Crippen molar-refractivity contribution in [2.24, 2.45) is 5.73 Å². The Balaban J connectivity index is 2.22. The highest BCUT2D eigenvalue weighted by Gasteiger charge is 2.30. The van der Waals surface area contributed by atoms with E-state index < -0.39 is 0 Å². The second kappa shape index (κ2) is 3.44. The van der Waals surface area contributed by atoms with Gasteiger partial charge < -0.3 is 10.6 Å². The zero-order valence-electron chi connectivity index (χ0n) is 8.33. The van der Waals surface area contributed by atoms with E-state index in [0.717, 1.165) is 30.2 Å². The quantitative estimate of drug-likeness (QED) is 0.771. The average Bonchev–Trinajstić information content (AvgIpc) is 2.47.